The summed E-state index contributed by atoms with van der Waals surface area (Å²) in [7, 11) is -2.07. The molecule has 8 heteroatoms. The lowest BCUT2D eigenvalue weighted by Crippen LogP contribution is -2.32. The molecule has 150 valence electrons. The molecule has 0 saturated carbocycles. The first-order valence-corrected chi connectivity index (χ1v) is 10.3. The Morgan fingerprint density at radius 2 is 1.82 bits per heavy atom. The highest BCUT2D eigenvalue weighted by Gasteiger charge is 2.27. The number of aromatic nitrogens is 1. The fourth-order valence-corrected chi connectivity index (χ4v) is 4.41. The Morgan fingerprint density at radius 3 is 2.36 bits per heavy atom. The second-order valence-electron chi connectivity index (χ2n) is 6.25. The van der Waals surface area contributed by atoms with Gasteiger partial charge in [0.15, 0.2) is 0 Å². The van der Waals surface area contributed by atoms with Crippen LogP contribution in [0.5, 0.6) is 0 Å². The molecule has 1 heterocycles. The molecule has 28 heavy (non-hydrogen) atoms. The quantitative estimate of drug-likeness (QED) is 0.634. The van der Waals surface area contributed by atoms with Crippen LogP contribution in [0.1, 0.15) is 29.9 Å². The van der Waals surface area contributed by atoms with Crippen LogP contribution in [0.2, 0.25) is 0 Å². The molecule has 0 aliphatic rings. The summed E-state index contributed by atoms with van der Waals surface area (Å²) in [6, 6.07) is 7.14. The minimum Gasteiger partial charge on any atom is -0.345 e. The third-order valence-corrected chi connectivity index (χ3v) is 6.41. The van der Waals surface area contributed by atoms with Crippen molar-refractivity contribution >= 4 is 15.9 Å². The summed E-state index contributed by atoms with van der Waals surface area (Å²) < 4.78 is 41.4. The van der Waals surface area contributed by atoms with Crippen LogP contribution in [0.4, 0.5) is 4.39 Å². The average Bonchev–Trinajstić information content (AvgIpc) is 3.06. The summed E-state index contributed by atoms with van der Waals surface area (Å²) in [6.45, 7) is 4.42. The highest BCUT2D eigenvalue weighted by atomic mass is 32.2. The lowest BCUT2D eigenvalue weighted by atomic mass is 10.2. The van der Waals surface area contributed by atoms with E-state index in [2.05, 4.69) is 5.92 Å². The molecule has 0 saturated heterocycles. The third-order valence-electron chi connectivity index (χ3n) is 4.40. The van der Waals surface area contributed by atoms with Crippen molar-refractivity contribution in [2.24, 2.45) is 7.05 Å². The predicted molar refractivity (Wildman–Crippen MR) is 105 cm³/mol. The Hall–Kier alpha value is -2.63. The zero-order valence-electron chi connectivity index (χ0n) is 16.2. The van der Waals surface area contributed by atoms with Crippen molar-refractivity contribution in [1.29, 1.82) is 0 Å². The smallest absolute Gasteiger partial charge is 0.271 e. The van der Waals surface area contributed by atoms with E-state index in [1.807, 2.05) is 0 Å². The zero-order chi connectivity index (χ0) is 20.9. The number of carbonyl (C=O) groups is 1. The van der Waals surface area contributed by atoms with Gasteiger partial charge >= 0.3 is 0 Å². The van der Waals surface area contributed by atoms with Crippen molar-refractivity contribution in [3.63, 3.8) is 0 Å². The standard InChI is InChI=1S/C20H24FN3O3S/c1-5-12-23(14-16-8-10-17(21)11-9-16)20(25)19-13-18(15-22(19)4)28(26,27)24(6-2)7-3/h1,8-11,13,15H,6-7,12,14H2,2-4H3. The van der Waals surface area contributed by atoms with Gasteiger partial charge in [-0.25, -0.2) is 12.8 Å². The first kappa shape index (κ1) is 21.7. The molecule has 0 aliphatic carbocycles. The highest BCUT2D eigenvalue weighted by molar-refractivity contribution is 7.89. The van der Waals surface area contributed by atoms with Gasteiger partial charge in [0.05, 0.1) is 6.54 Å². The molecule has 0 atom stereocenters. The van der Waals surface area contributed by atoms with Gasteiger partial charge in [0.1, 0.15) is 16.4 Å². The lowest BCUT2D eigenvalue weighted by Gasteiger charge is -2.20. The third kappa shape index (κ3) is 4.61. The Morgan fingerprint density at radius 1 is 1.21 bits per heavy atom. The monoisotopic (exact) mass is 405 g/mol. The number of aryl methyl sites for hydroxylation is 1. The van der Waals surface area contributed by atoms with E-state index in [9.17, 15) is 17.6 Å². The molecule has 1 amide bonds. The van der Waals surface area contributed by atoms with Crippen LogP contribution in [-0.2, 0) is 23.6 Å². The fourth-order valence-electron chi connectivity index (χ4n) is 2.88. The first-order valence-electron chi connectivity index (χ1n) is 8.88. The van der Waals surface area contributed by atoms with E-state index in [1.165, 1.54) is 38.2 Å². The summed E-state index contributed by atoms with van der Waals surface area (Å²) >= 11 is 0. The van der Waals surface area contributed by atoms with Gasteiger partial charge in [0, 0.05) is 32.9 Å². The van der Waals surface area contributed by atoms with Crippen molar-refractivity contribution in [2.45, 2.75) is 25.3 Å². The molecule has 0 radical (unpaired) electrons. The number of sulfonamides is 1. The molecule has 6 nitrogen and oxygen atoms in total. The maximum absolute atomic E-state index is 13.1. The number of nitrogens with zero attached hydrogens (tertiary/aromatic N) is 3. The summed E-state index contributed by atoms with van der Waals surface area (Å²) in [5.41, 5.74) is 0.929. The van der Waals surface area contributed by atoms with E-state index in [4.69, 9.17) is 6.42 Å². The molecule has 2 rings (SSSR count). The van der Waals surface area contributed by atoms with Gasteiger partial charge in [-0.15, -0.1) is 6.42 Å². The van der Waals surface area contributed by atoms with Gasteiger partial charge in [0.2, 0.25) is 10.0 Å². The largest absolute Gasteiger partial charge is 0.345 e. The van der Waals surface area contributed by atoms with E-state index in [0.29, 0.717) is 13.1 Å². The van der Waals surface area contributed by atoms with E-state index in [0.717, 1.165) is 5.56 Å². The predicted octanol–water partition coefficient (Wildman–Crippen LogP) is 2.47. The van der Waals surface area contributed by atoms with Crippen LogP contribution in [0, 0.1) is 18.2 Å². The molecule has 0 spiro atoms. The second-order valence-corrected chi connectivity index (χ2v) is 8.19. The number of terminal acetylenes is 1. The van der Waals surface area contributed by atoms with Crippen LogP contribution in [0.15, 0.2) is 41.4 Å². The number of rotatable bonds is 8. The van der Waals surface area contributed by atoms with Crippen molar-refractivity contribution in [3.8, 4) is 12.3 Å². The van der Waals surface area contributed by atoms with Crippen molar-refractivity contribution < 1.29 is 17.6 Å². The Bertz CT molecular complexity index is 971. The van der Waals surface area contributed by atoms with Gasteiger partial charge < -0.3 is 9.47 Å². The van der Waals surface area contributed by atoms with Gasteiger partial charge in [-0.2, -0.15) is 4.31 Å². The number of hydrogen-bond donors (Lipinski definition) is 0. The minimum atomic E-state index is -3.68. The van der Waals surface area contributed by atoms with Gasteiger partial charge in [-0.1, -0.05) is 31.9 Å². The lowest BCUT2D eigenvalue weighted by molar-refractivity contribution is 0.0756. The molecular formula is C20H24FN3O3S. The number of amides is 1. The second kappa shape index (κ2) is 9.04. The number of halogens is 1. The topological polar surface area (TPSA) is 62.6 Å². The maximum atomic E-state index is 13.1. The highest BCUT2D eigenvalue weighted by Crippen LogP contribution is 2.20. The molecule has 1 aromatic carbocycles. The van der Waals surface area contributed by atoms with E-state index in [-0.39, 0.29) is 29.5 Å². The van der Waals surface area contributed by atoms with Crippen molar-refractivity contribution in [3.05, 3.63) is 53.6 Å². The number of carbonyl (C=O) groups excluding carboxylic acids is 1. The van der Waals surface area contributed by atoms with Gasteiger partial charge in [-0.3, -0.25) is 4.79 Å². The molecule has 2 aromatic rings. The molecule has 0 fully saturated rings. The molecule has 0 unspecified atom stereocenters. The first-order chi connectivity index (χ1) is 13.2. The normalized spacial score (nSPS) is 11.4. The molecule has 0 aliphatic heterocycles. The fraction of sp³-hybridized carbons (Fsp3) is 0.350. The number of benzene rings is 1. The number of hydrogen-bond acceptors (Lipinski definition) is 3. The van der Waals surface area contributed by atoms with Crippen molar-refractivity contribution in [1.82, 2.24) is 13.8 Å². The summed E-state index contributed by atoms with van der Waals surface area (Å²) in [5, 5.41) is 0. The van der Waals surface area contributed by atoms with E-state index >= 15 is 0 Å². The van der Waals surface area contributed by atoms with Gasteiger partial charge in [-0.05, 0) is 23.8 Å². The van der Waals surface area contributed by atoms with E-state index < -0.39 is 15.9 Å². The van der Waals surface area contributed by atoms with Crippen molar-refractivity contribution in [2.75, 3.05) is 19.6 Å². The Labute approximate surface area is 165 Å². The van der Waals surface area contributed by atoms with Gasteiger partial charge in [0.25, 0.3) is 5.91 Å². The molecule has 0 N–H and O–H groups in total. The maximum Gasteiger partial charge on any atom is 0.271 e. The van der Waals surface area contributed by atoms with Crippen LogP contribution >= 0.6 is 0 Å². The summed E-state index contributed by atoms with van der Waals surface area (Å²) in [5.74, 6) is 1.67. The van der Waals surface area contributed by atoms with Crippen LogP contribution < -0.4 is 0 Å². The molecule has 0 bridgehead atoms. The Kier molecular flexibility index (Phi) is 7.00. The SMILES string of the molecule is C#CCN(Cc1ccc(F)cc1)C(=O)c1cc(S(=O)(=O)N(CC)CC)cn1C. The zero-order valence-corrected chi connectivity index (χ0v) is 17.0. The minimum absolute atomic E-state index is 0.0412. The summed E-state index contributed by atoms with van der Waals surface area (Å²) in [4.78, 5) is 14.5. The summed E-state index contributed by atoms with van der Waals surface area (Å²) in [6.07, 6.45) is 6.82. The van der Waals surface area contributed by atoms with Crippen LogP contribution in [-0.4, -0.2) is 47.7 Å². The molecular weight excluding hydrogens is 381 g/mol. The van der Waals surface area contributed by atoms with E-state index in [1.54, 1.807) is 33.0 Å². The van der Waals surface area contributed by atoms with Crippen LogP contribution in [0.25, 0.3) is 0 Å². The Balaban J connectivity index is 2.34. The van der Waals surface area contributed by atoms with Crippen LogP contribution in [0.3, 0.4) is 0 Å². The molecule has 1 aromatic heterocycles. The average molecular weight is 405 g/mol.